The molecule has 2 aromatic heterocycles. The van der Waals surface area contributed by atoms with Crippen LogP contribution in [-0.4, -0.2) is 34.1 Å². The van der Waals surface area contributed by atoms with Crippen LogP contribution in [0.25, 0.3) is 5.52 Å². The number of nitrogens with zero attached hydrogens (tertiary/aromatic N) is 2. The lowest BCUT2D eigenvalue weighted by Crippen LogP contribution is -2.39. The van der Waals surface area contributed by atoms with Crippen LogP contribution >= 0.6 is 0 Å². The molecule has 6 nitrogen and oxygen atoms in total. The highest BCUT2D eigenvalue weighted by Gasteiger charge is 2.30. The molecule has 3 aromatic rings. The molecule has 1 aliphatic rings. The standard InChI is InChI=1S/C25H26F3N3O3/c1-2-34-24(33)17-7-11-20(12-8-17)30-23(32)21-15-29-31-13-3-4-18(22(21)31)14-16-5-9-19(10-6-16)25(26,27)28/h3-6,9-10,13,15,17,20H,2,7-8,11-12,14H2,1H3,(H,30,32)/t17-,20-. The number of aromatic nitrogens is 2. The van der Waals surface area contributed by atoms with Crippen molar-refractivity contribution in [1.82, 2.24) is 14.9 Å². The lowest BCUT2D eigenvalue weighted by atomic mass is 9.86. The second-order valence-corrected chi connectivity index (χ2v) is 8.53. The molecule has 1 saturated carbocycles. The minimum Gasteiger partial charge on any atom is -0.466 e. The van der Waals surface area contributed by atoms with E-state index in [9.17, 15) is 22.8 Å². The minimum atomic E-state index is -4.38. The first-order valence-electron chi connectivity index (χ1n) is 11.3. The fourth-order valence-corrected chi connectivity index (χ4v) is 4.45. The van der Waals surface area contributed by atoms with E-state index in [0.29, 0.717) is 55.4 Å². The Labute approximate surface area is 195 Å². The largest absolute Gasteiger partial charge is 0.466 e. The van der Waals surface area contributed by atoms with Gasteiger partial charge in [0.1, 0.15) is 0 Å². The number of hydrogen-bond donors (Lipinski definition) is 1. The summed E-state index contributed by atoms with van der Waals surface area (Å²) in [7, 11) is 0. The van der Waals surface area contributed by atoms with Gasteiger partial charge in [-0.3, -0.25) is 9.59 Å². The van der Waals surface area contributed by atoms with Gasteiger partial charge in [0.05, 0.1) is 35.4 Å². The molecule has 0 saturated heterocycles. The second-order valence-electron chi connectivity index (χ2n) is 8.53. The number of carbonyl (C=O) groups excluding carboxylic acids is 2. The average molecular weight is 473 g/mol. The summed E-state index contributed by atoms with van der Waals surface area (Å²) in [5.41, 5.74) is 1.83. The van der Waals surface area contributed by atoms with Gasteiger partial charge < -0.3 is 10.1 Å². The Kier molecular flexibility index (Phi) is 6.90. The normalized spacial score (nSPS) is 18.6. The number of hydrogen-bond acceptors (Lipinski definition) is 4. The molecule has 0 atom stereocenters. The predicted molar refractivity (Wildman–Crippen MR) is 119 cm³/mol. The van der Waals surface area contributed by atoms with E-state index in [4.69, 9.17) is 4.74 Å². The highest BCUT2D eigenvalue weighted by atomic mass is 19.4. The van der Waals surface area contributed by atoms with Gasteiger partial charge in [-0.1, -0.05) is 18.2 Å². The Hall–Kier alpha value is -3.36. The predicted octanol–water partition coefficient (Wildman–Crippen LogP) is 4.80. The number of carbonyl (C=O) groups is 2. The molecule has 0 aliphatic heterocycles. The lowest BCUT2D eigenvalue weighted by molar-refractivity contribution is -0.149. The number of rotatable bonds is 6. The molecule has 9 heteroatoms. The zero-order valence-electron chi connectivity index (χ0n) is 18.8. The first kappa shape index (κ1) is 23.8. The monoisotopic (exact) mass is 473 g/mol. The Morgan fingerprint density at radius 2 is 1.82 bits per heavy atom. The summed E-state index contributed by atoms with van der Waals surface area (Å²) < 4.78 is 45.3. The first-order valence-corrected chi connectivity index (χ1v) is 11.3. The van der Waals surface area contributed by atoms with E-state index >= 15 is 0 Å². The summed E-state index contributed by atoms with van der Waals surface area (Å²) in [5.74, 6) is -0.558. The maximum atomic E-state index is 13.1. The molecule has 2 heterocycles. The zero-order chi connectivity index (χ0) is 24.3. The van der Waals surface area contributed by atoms with Crippen LogP contribution in [0.1, 0.15) is 59.7 Å². The molecule has 1 fully saturated rings. The van der Waals surface area contributed by atoms with E-state index in [-0.39, 0.29) is 23.8 Å². The van der Waals surface area contributed by atoms with E-state index < -0.39 is 11.7 Å². The lowest BCUT2D eigenvalue weighted by Gasteiger charge is -2.27. The van der Waals surface area contributed by atoms with Gasteiger partial charge in [-0.15, -0.1) is 0 Å². The van der Waals surface area contributed by atoms with Gasteiger partial charge in [-0.05, 0) is 68.4 Å². The summed E-state index contributed by atoms with van der Waals surface area (Å²) in [5, 5.41) is 7.33. The van der Waals surface area contributed by atoms with Gasteiger partial charge in [0.2, 0.25) is 0 Å². The highest BCUT2D eigenvalue weighted by Crippen LogP contribution is 2.30. The number of benzene rings is 1. The van der Waals surface area contributed by atoms with Crippen LogP contribution < -0.4 is 5.32 Å². The third kappa shape index (κ3) is 5.24. The van der Waals surface area contributed by atoms with Crippen molar-refractivity contribution in [3.8, 4) is 0 Å². The van der Waals surface area contributed by atoms with Crippen molar-refractivity contribution in [3.05, 3.63) is 71.0 Å². The van der Waals surface area contributed by atoms with Crippen LogP contribution in [0.15, 0.2) is 48.8 Å². The molecule has 1 N–H and O–H groups in total. The number of halogens is 3. The first-order chi connectivity index (χ1) is 16.3. The van der Waals surface area contributed by atoms with Crippen LogP contribution in [0, 0.1) is 5.92 Å². The zero-order valence-corrected chi connectivity index (χ0v) is 18.8. The van der Waals surface area contributed by atoms with E-state index in [2.05, 4.69) is 10.4 Å². The third-order valence-corrected chi connectivity index (χ3v) is 6.23. The molecule has 4 rings (SSSR count). The van der Waals surface area contributed by atoms with Gasteiger partial charge in [0.25, 0.3) is 5.91 Å². The van der Waals surface area contributed by atoms with Crippen LogP contribution in [0.3, 0.4) is 0 Å². The van der Waals surface area contributed by atoms with Crippen molar-refractivity contribution in [2.45, 2.75) is 51.2 Å². The van der Waals surface area contributed by atoms with Crippen LogP contribution in [-0.2, 0) is 22.1 Å². The molecule has 34 heavy (non-hydrogen) atoms. The molecular weight excluding hydrogens is 447 g/mol. The fraction of sp³-hybridized carbons (Fsp3) is 0.400. The molecule has 1 amide bonds. The van der Waals surface area contributed by atoms with Crippen molar-refractivity contribution >= 4 is 17.4 Å². The van der Waals surface area contributed by atoms with Crippen LogP contribution in [0.4, 0.5) is 13.2 Å². The number of alkyl halides is 3. The van der Waals surface area contributed by atoms with E-state index in [1.54, 1.807) is 23.7 Å². The van der Waals surface area contributed by atoms with Gasteiger partial charge in [0, 0.05) is 12.2 Å². The molecule has 0 unspecified atom stereocenters. The van der Waals surface area contributed by atoms with Gasteiger partial charge >= 0.3 is 12.1 Å². The van der Waals surface area contributed by atoms with E-state index in [1.807, 2.05) is 6.07 Å². The quantitative estimate of drug-likeness (QED) is 0.523. The van der Waals surface area contributed by atoms with Crippen molar-refractivity contribution in [1.29, 1.82) is 0 Å². The number of amides is 1. The SMILES string of the molecule is CCOC(=O)[C@H]1CC[C@H](NC(=O)c2cnn3cccc(Cc4ccc(C(F)(F)F)cc4)c23)CC1. The number of nitrogens with one attached hydrogen (secondary N) is 1. The maximum absolute atomic E-state index is 13.1. The minimum absolute atomic E-state index is 0.0461. The molecule has 0 radical (unpaired) electrons. The summed E-state index contributed by atoms with van der Waals surface area (Å²) >= 11 is 0. The van der Waals surface area contributed by atoms with Crippen LogP contribution in [0.5, 0.6) is 0 Å². The molecule has 0 bridgehead atoms. The van der Waals surface area contributed by atoms with Crippen molar-refractivity contribution in [3.63, 3.8) is 0 Å². The Balaban J connectivity index is 1.48. The van der Waals surface area contributed by atoms with Gasteiger partial charge in [-0.2, -0.15) is 18.3 Å². The number of esters is 1. The van der Waals surface area contributed by atoms with E-state index in [1.165, 1.54) is 18.3 Å². The molecule has 1 aromatic carbocycles. The average Bonchev–Trinajstić information content (AvgIpc) is 3.25. The topological polar surface area (TPSA) is 72.7 Å². The van der Waals surface area contributed by atoms with Gasteiger partial charge in [-0.25, -0.2) is 4.52 Å². The summed E-state index contributed by atoms with van der Waals surface area (Å²) in [6, 6.07) is 8.61. The Bertz CT molecular complexity index is 1160. The molecule has 0 spiro atoms. The number of fused-ring (bicyclic) bond motifs is 1. The van der Waals surface area contributed by atoms with Crippen LogP contribution in [0.2, 0.25) is 0 Å². The third-order valence-electron chi connectivity index (χ3n) is 6.23. The van der Waals surface area contributed by atoms with E-state index in [0.717, 1.165) is 17.7 Å². The summed E-state index contributed by atoms with van der Waals surface area (Å²) in [6.07, 6.45) is 1.91. The summed E-state index contributed by atoms with van der Waals surface area (Å²) in [4.78, 5) is 25.0. The highest BCUT2D eigenvalue weighted by molar-refractivity contribution is 6.01. The fourth-order valence-electron chi connectivity index (χ4n) is 4.45. The molecular formula is C25H26F3N3O3. The maximum Gasteiger partial charge on any atom is 0.416 e. The molecule has 1 aliphatic carbocycles. The smallest absolute Gasteiger partial charge is 0.416 e. The number of pyridine rings is 1. The number of ether oxygens (including phenoxy) is 1. The van der Waals surface area contributed by atoms with Crippen molar-refractivity contribution in [2.24, 2.45) is 5.92 Å². The van der Waals surface area contributed by atoms with Crippen molar-refractivity contribution in [2.75, 3.05) is 6.61 Å². The Morgan fingerprint density at radius 1 is 1.12 bits per heavy atom. The molecule has 180 valence electrons. The van der Waals surface area contributed by atoms with Gasteiger partial charge in [0.15, 0.2) is 0 Å². The summed E-state index contributed by atoms with van der Waals surface area (Å²) in [6.45, 7) is 2.14. The van der Waals surface area contributed by atoms with Crippen molar-refractivity contribution < 1.29 is 27.5 Å². The second kappa shape index (κ2) is 9.87. The Morgan fingerprint density at radius 3 is 2.47 bits per heavy atom.